The zero-order valence-electron chi connectivity index (χ0n) is 17.5. The third kappa shape index (κ3) is 13.8. The van der Waals surface area contributed by atoms with Crippen LogP contribution in [0.15, 0.2) is 0 Å². The van der Waals surface area contributed by atoms with Crippen LogP contribution in [0, 0.1) is 0 Å². The van der Waals surface area contributed by atoms with Gasteiger partial charge in [-0.3, -0.25) is 0 Å². The first kappa shape index (κ1) is 26.7. The van der Waals surface area contributed by atoms with Crippen molar-refractivity contribution in [1.29, 1.82) is 0 Å². The molecule has 2 N–H and O–H groups in total. The quantitative estimate of drug-likeness (QED) is 0.178. The maximum absolute atomic E-state index is 9.41. The van der Waals surface area contributed by atoms with E-state index in [0.29, 0.717) is 13.2 Å². The molecule has 0 spiro atoms. The Morgan fingerprint density at radius 3 is 1.42 bits per heavy atom. The normalized spacial score (nSPS) is 13.1. The first-order valence-electron chi connectivity index (χ1n) is 10.6. The molecule has 0 aromatic rings. The van der Waals surface area contributed by atoms with Gasteiger partial charge in [0.2, 0.25) is 0 Å². The van der Waals surface area contributed by atoms with Gasteiger partial charge in [-0.15, -0.1) is 0 Å². The first-order valence-corrected chi connectivity index (χ1v) is 13.6. The average molecular weight is 415 g/mol. The predicted molar refractivity (Wildman–Crippen MR) is 115 cm³/mol. The van der Waals surface area contributed by atoms with Gasteiger partial charge >= 0.3 is 163 Å². The summed E-state index contributed by atoms with van der Waals surface area (Å²) in [5.74, 6) is 0. The molecule has 0 unspecified atom stereocenters. The molecule has 160 valence electrons. The van der Waals surface area contributed by atoms with Crippen LogP contribution >= 0.6 is 16.5 Å². The Morgan fingerprint density at radius 2 is 1.08 bits per heavy atom. The van der Waals surface area contributed by atoms with Crippen LogP contribution in [0.2, 0.25) is 0 Å². The molecule has 0 atom stereocenters. The summed E-state index contributed by atoms with van der Waals surface area (Å²) in [5.41, 5.74) is 0.00647. The number of rotatable bonds is 19. The standard InChI is InChI=1S/C19H44O5P2/c1-5-7-9-11-13-15-17-22-26(19(3)4,24-25(20)21)23-18-16-14-12-10-8-6-2/h19-21,26H,5-18H2,1-4H3. The van der Waals surface area contributed by atoms with E-state index in [2.05, 4.69) is 13.8 Å². The maximum atomic E-state index is 9.41. The zero-order chi connectivity index (χ0) is 19.7. The summed E-state index contributed by atoms with van der Waals surface area (Å²) in [5, 5.41) is 0. The molecule has 0 rings (SSSR count). The number of hydrogen-bond donors (Lipinski definition) is 2. The van der Waals surface area contributed by atoms with E-state index in [1.54, 1.807) is 0 Å². The van der Waals surface area contributed by atoms with Crippen molar-refractivity contribution in [1.82, 2.24) is 0 Å². The summed E-state index contributed by atoms with van der Waals surface area (Å²) in [7, 11) is -5.53. The van der Waals surface area contributed by atoms with Crippen LogP contribution < -0.4 is 0 Å². The van der Waals surface area contributed by atoms with Crippen LogP contribution in [0.5, 0.6) is 0 Å². The molecule has 0 radical (unpaired) electrons. The third-order valence-corrected chi connectivity index (χ3v) is 8.82. The van der Waals surface area contributed by atoms with E-state index in [4.69, 9.17) is 13.4 Å². The molecule has 0 saturated heterocycles. The second kappa shape index (κ2) is 17.7. The SMILES string of the molecule is CCCCCCCCO[PH](OCCCCCCCC)(OP(O)O)C(C)C. The van der Waals surface area contributed by atoms with E-state index in [1.807, 2.05) is 13.8 Å². The summed E-state index contributed by atoms with van der Waals surface area (Å²) in [4.78, 5) is 18.8. The predicted octanol–water partition coefficient (Wildman–Crippen LogP) is 6.87. The Hall–Kier alpha value is 0.660. The average Bonchev–Trinajstić information content (AvgIpc) is 2.59. The van der Waals surface area contributed by atoms with Gasteiger partial charge in [-0.25, -0.2) is 0 Å². The molecular weight excluding hydrogens is 370 g/mol. The molecule has 0 aliphatic carbocycles. The van der Waals surface area contributed by atoms with Gasteiger partial charge in [0.25, 0.3) is 0 Å². The molecule has 5 nitrogen and oxygen atoms in total. The van der Waals surface area contributed by atoms with E-state index < -0.39 is 16.5 Å². The Kier molecular flexibility index (Phi) is 18.2. The second-order valence-electron chi connectivity index (χ2n) is 7.33. The van der Waals surface area contributed by atoms with Crippen molar-refractivity contribution in [3.05, 3.63) is 0 Å². The van der Waals surface area contributed by atoms with Crippen molar-refractivity contribution in [3.8, 4) is 0 Å². The summed E-state index contributed by atoms with van der Waals surface area (Å²) in [6.07, 6.45) is 14.2. The number of hydrogen-bond acceptors (Lipinski definition) is 5. The van der Waals surface area contributed by atoms with Crippen molar-refractivity contribution in [2.45, 2.75) is 110 Å². The van der Waals surface area contributed by atoms with Gasteiger partial charge in [-0.05, 0) is 0 Å². The Labute approximate surface area is 163 Å². The van der Waals surface area contributed by atoms with Crippen LogP contribution in [-0.4, -0.2) is 28.7 Å². The summed E-state index contributed by atoms with van der Waals surface area (Å²) in [6.45, 7) is 9.52. The Balaban J connectivity index is 4.28. The fourth-order valence-electron chi connectivity index (χ4n) is 2.84. The molecule has 0 saturated carbocycles. The van der Waals surface area contributed by atoms with Crippen molar-refractivity contribution in [2.24, 2.45) is 0 Å². The third-order valence-electron chi connectivity index (χ3n) is 4.52. The molecule has 26 heavy (non-hydrogen) atoms. The van der Waals surface area contributed by atoms with Gasteiger partial charge in [0.05, 0.1) is 0 Å². The van der Waals surface area contributed by atoms with Crippen LogP contribution in [0.25, 0.3) is 0 Å². The minimum absolute atomic E-state index is 0.00647. The first-order chi connectivity index (χ1) is 12.5. The minimum atomic E-state index is -3.06. The summed E-state index contributed by atoms with van der Waals surface area (Å²) < 4.78 is 17.5. The molecule has 0 amide bonds. The van der Waals surface area contributed by atoms with Crippen molar-refractivity contribution < 1.29 is 23.1 Å². The molecule has 0 aliphatic rings. The summed E-state index contributed by atoms with van der Waals surface area (Å²) >= 11 is 0. The van der Waals surface area contributed by atoms with Crippen LogP contribution in [-0.2, 0) is 13.4 Å². The van der Waals surface area contributed by atoms with Gasteiger partial charge in [0.15, 0.2) is 0 Å². The fraction of sp³-hybridized carbons (Fsp3) is 1.00. The number of unbranched alkanes of at least 4 members (excludes halogenated alkanes) is 10. The van der Waals surface area contributed by atoms with Crippen LogP contribution in [0.1, 0.15) is 105 Å². The fourth-order valence-corrected chi connectivity index (χ4v) is 6.62. The van der Waals surface area contributed by atoms with E-state index >= 15 is 0 Å². The van der Waals surface area contributed by atoms with Gasteiger partial charge in [-0.1, -0.05) is 0 Å². The van der Waals surface area contributed by atoms with E-state index in [1.165, 1.54) is 51.4 Å². The molecular formula is C19H44O5P2. The Morgan fingerprint density at radius 1 is 0.692 bits per heavy atom. The van der Waals surface area contributed by atoms with Crippen molar-refractivity contribution in [2.75, 3.05) is 13.2 Å². The molecule has 7 heteroatoms. The van der Waals surface area contributed by atoms with Crippen LogP contribution in [0.3, 0.4) is 0 Å². The van der Waals surface area contributed by atoms with Crippen LogP contribution in [0.4, 0.5) is 0 Å². The zero-order valence-corrected chi connectivity index (χ0v) is 19.4. The van der Waals surface area contributed by atoms with Gasteiger partial charge < -0.3 is 0 Å². The Bertz CT molecular complexity index is 286. The molecule has 0 aliphatic heterocycles. The topological polar surface area (TPSA) is 68.2 Å². The monoisotopic (exact) mass is 414 g/mol. The molecule has 0 aromatic carbocycles. The van der Waals surface area contributed by atoms with E-state index in [-0.39, 0.29) is 5.66 Å². The van der Waals surface area contributed by atoms with Crippen molar-refractivity contribution in [3.63, 3.8) is 0 Å². The van der Waals surface area contributed by atoms with Gasteiger partial charge in [0, 0.05) is 0 Å². The van der Waals surface area contributed by atoms with Gasteiger partial charge in [0.1, 0.15) is 0 Å². The molecule has 0 heterocycles. The summed E-state index contributed by atoms with van der Waals surface area (Å²) in [6, 6.07) is 0. The van der Waals surface area contributed by atoms with E-state index in [0.717, 1.165) is 25.7 Å². The molecule has 0 fully saturated rings. The molecule has 0 bridgehead atoms. The molecule has 0 aromatic heterocycles. The van der Waals surface area contributed by atoms with Gasteiger partial charge in [-0.2, -0.15) is 0 Å². The van der Waals surface area contributed by atoms with Crippen molar-refractivity contribution >= 4 is 16.5 Å². The second-order valence-corrected chi connectivity index (χ2v) is 11.5. The van der Waals surface area contributed by atoms with E-state index in [9.17, 15) is 9.79 Å².